The van der Waals surface area contributed by atoms with E-state index < -0.39 is 5.97 Å². The molecule has 2 N–H and O–H groups in total. The Hall–Kier alpha value is -0.870. The molecule has 13 heavy (non-hydrogen) atoms. The van der Waals surface area contributed by atoms with E-state index >= 15 is 0 Å². The highest BCUT2D eigenvalue weighted by Crippen LogP contribution is 2.32. The highest BCUT2D eigenvalue weighted by molar-refractivity contribution is 7.10. The summed E-state index contributed by atoms with van der Waals surface area (Å²) in [5.74, 6) is -0.943. The molecule has 0 aromatic carbocycles. The summed E-state index contributed by atoms with van der Waals surface area (Å²) in [5, 5.41) is 14.1. The Bertz CT molecular complexity index is 297. The molecule has 3 nitrogen and oxygen atoms in total. The van der Waals surface area contributed by atoms with Gasteiger partial charge < -0.3 is 10.4 Å². The minimum atomic E-state index is -0.691. The van der Waals surface area contributed by atoms with Crippen molar-refractivity contribution >= 4 is 17.3 Å². The molecule has 0 spiro atoms. The number of aliphatic carboxylic acids is 1. The van der Waals surface area contributed by atoms with Crippen LogP contribution in [0, 0.1) is 5.92 Å². The number of carbonyl (C=O) groups is 1. The van der Waals surface area contributed by atoms with Crippen molar-refractivity contribution in [3.63, 3.8) is 0 Å². The first-order valence-electron chi connectivity index (χ1n) is 4.28. The highest BCUT2D eigenvalue weighted by Gasteiger charge is 2.33. The second kappa shape index (κ2) is 3.47. The fraction of sp³-hybridized carbons (Fsp3) is 0.444. The summed E-state index contributed by atoms with van der Waals surface area (Å²) in [5.41, 5.74) is 0. The van der Waals surface area contributed by atoms with E-state index in [0.717, 1.165) is 17.8 Å². The van der Waals surface area contributed by atoms with Crippen LogP contribution in [-0.2, 0) is 4.79 Å². The van der Waals surface area contributed by atoms with E-state index in [2.05, 4.69) is 5.32 Å². The number of carboxylic acids is 1. The Morgan fingerprint density at radius 1 is 1.69 bits per heavy atom. The van der Waals surface area contributed by atoms with Crippen molar-refractivity contribution in [1.82, 2.24) is 5.32 Å². The van der Waals surface area contributed by atoms with Gasteiger partial charge >= 0.3 is 5.97 Å². The predicted molar refractivity (Wildman–Crippen MR) is 50.8 cm³/mol. The second-order valence-electron chi connectivity index (χ2n) is 3.18. The largest absolute Gasteiger partial charge is 0.481 e. The zero-order valence-corrected chi connectivity index (χ0v) is 7.88. The van der Waals surface area contributed by atoms with Crippen molar-refractivity contribution in [1.29, 1.82) is 0 Å². The molecule has 2 atom stereocenters. The van der Waals surface area contributed by atoms with Crippen molar-refractivity contribution in [2.75, 3.05) is 6.54 Å². The Morgan fingerprint density at radius 3 is 3.15 bits per heavy atom. The molecule has 4 heteroatoms. The molecule has 2 rings (SSSR count). The van der Waals surface area contributed by atoms with Crippen LogP contribution in [0.25, 0.3) is 0 Å². The van der Waals surface area contributed by atoms with Crippen LogP contribution in [0.2, 0.25) is 0 Å². The van der Waals surface area contributed by atoms with Crippen LogP contribution >= 0.6 is 11.3 Å². The fourth-order valence-corrected chi connectivity index (χ4v) is 2.60. The Morgan fingerprint density at radius 2 is 2.54 bits per heavy atom. The smallest absolute Gasteiger partial charge is 0.308 e. The molecule has 0 saturated carbocycles. The average Bonchev–Trinajstić information content (AvgIpc) is 2.74. The molecule has 0 unspecified atom stereocenters. The van der Waals surface area contributed by atoms with Gasteiger partial charge in [-0.3, -0.25) is 4.79 Å². The van der Waals surface area contributed by atoms with E-state index in [9.17, 15) is 4.79 Å². The van der Waals surface area contributed by atoms with Crippen LogP contribution in [0.15, 0.2) is 17.5 Å². The molecule has 1 fully saturated rings. The summed E-state index contributed by atoms with van der Waals surface area (Å²) in [6.07, 6.45) is 0.734. The summed E-state index contributed by atoms with van der Waals surface area (Å²) in [7, 11) is 0. The molecular weight excluding hydrogens is 186 g/mol. The van der Waals surface area contributed by atoms with Crippen LogP contribution in [-0.4, -0.2) is 17.6 Å². The molecule has 70 valence electrons. The van der Waals surface area contributed by atoms with Crippen LogP contribution in [0.3, 0.4) is 0 Å². The lowest BCUT2D eigenvalue weighted by molar-refractivity contribution is -0.142. The lowest BCUT2D eigenvalue weighted by Gasteiger charge is -2.13. The number of hydrogen-bond acceptors (Lipinski definition) is 3. The van der Waals surface area contributed by atoms with Crippen LogP contribution in [0.4, 0.5) is 0 Å². The summed E-state index contributed by atoms with van der Waals surface area (Å²) < 4.78 is 0. The van der Waals surface area contributed by atoms with Gasteiger partial charge in [0.1, 0.15) is 0 Å². The lowest BCUT2D eigenvalue weighted by Crippen LogP contribution is -2.22. The molecule has 0 radical (unpaired) electrons. The summed E-state index contributed by atoms with van der Waals surface area (Å²) in [6, 6.07) is 3.97. The first-order chi connectivity index (χ1) is 6.29. The van der Waals surface area contributed by atoms with Gasteiger partial charge in [0.25, 0.3) is 0 Å². The van der Waals surface area contributed by atoms with Gasteiger partial charge in [0, 0.05) is 4.88 Å². The van der Waals surface area contributed by atoms with Crippen LogP contribution < -0.4 is 5.32 Å². The van der Waals surface area contributed by atoms with Crippen LogP contribution in [0.1, 0.15) is 17.3 Å². The van der Waals surface area contributed by atoms with Gasteiger partial charge in [0.05, 0.1) is 12.0 Å². The third-order valence-corrected chi connectivity index (χ3v) is 3.34. The number of carboxylic acid groups (broad SMARTS) is 1. The number of rotatable bonds is 2. The molecule has 0 aliphatic carbocycles. The van der Waals surface area contributed by atoms with Gasteiger partial charge in [-0.25, -0.2) is 0 Å². The second-order valence-corrected chi connectivity index (χ2v) is 4.16. The maximum absolute atomic E-state index is 10.9. The van der Waals surface area contributed by atoms with Gasteiger partial charge in [0.15, 0.2) is 0 Å². The van der Waals surface area contributed by atoms with Crippen molar-refractivity contribution < 1.29 is 9.90 Å². The maximum atomic E-state index is 10.9. The lowest BCUT2D eigenvalue weighted by atomic mass is 10.00. The highest BCUT2D eigenvalue weighted by atomic mass is 32.1. The first-order valence-corrected chi connectivity index (χ1v) is 5.16. The zero-order chi connectivity index (χ0) is 9.26. The molecule has 1 aromatic rings. The van der Waals surface area contributed by atoms with Crippen molar-refractivity contribution in [2.24, 2.45) is 5.92 Å². The molecule has 1 saturated heterocycles. The predicted octanol–water partition coefficient (Wildman–Crippen LogP) is 1.48. The van der Waals surface area contributed by atoms with Gasteiger partial charge in [-0.1, -0.05) is 6.07 Å². The summed E-state index contributed by atoms with van der Waals surface area (Å²) in [4.78, 5) is 12.0. The Balaban J connectivity index is 2.19. The van der Waals surface area contributed by atoms with Crippen molar-refractivity contribution in [3.05, 3.63) is 22.4 Å². The first kappa shape index (κ1) is 8.72. The average molecular weight is 197 g/mol. The molecule has 1 aromatic heterocycles. The molecule has 0 bridgehead atoms. The van der Waals surface area contributed by atoms with E-state index in [0.29, 0.717) is 0 Å². The number of nitrogens with one attached hydrogen (secondary N) is 1. The third-order valence-electron chi connectivity index (χ3n) is 2.39. The minimum absolute atomic E-state index is 0.0255. The third kappa shape index (κ3) is 1.59. The monoisotopic (exact) mass is 197 g/mol. The van der Waals surface area contributed by atoms with E-state index in [-0.39, 0.29) is 12.0 Å². The van der Waals surface area contributed by atoms with E-state index in [4.69, 9.17) is 5.11 Å². The number of thiophene rings is 1. The zero-order valence-electron chi connectivity index (χ0n) is 7.06. The quantitative estimate of drug-likeness (QED) is 0.755. The van der Waals surface area contributed by atoms with E-state index in [1.54, 1.807) is 11.3 Å². The molecule has 0 amide bonds. The van der Waals surface area contributed by atoms with Gasteiger partial charge in [-0.2, -0.15) is 0 Å². The molecule has 1 aliphatic rings. The maximum Gasteiger partial charge on any atom is 0.308 e. The van der Waals surface area contributed by atoms with Crippen molar-refractivity contribution in [2.45, 2.75) is 12.5 Å². The Labute approximate surface area is 80.4 Å². The molecule has 2 heterocycles. The Kier molecular flexibility index (Phi) is 2.33. The van der Waals surface area contributed by atoms with Crippen molar-refractivity contribution in [3.8, 4) is 0 Å². The normalized spacial score (nSPS) is 27.7. The van der Waals surface area contributed by atoms with E-state index in [1.807, 2.05) is 17.5 Å². The molecule has 1 aliphatic heterocycles. The van der Waals surface area contributed by atoms with Gasteiger partial charge in [0.2, 0.25) is 0 Å². The number of hydrogen-bond donors (Lipinski definition) is 2. The van der Waals surface area contributed by atoms with Gasteiger partial charge in [-0.05, 0) is 24.4 Å². The summed E-state index contributed by atoms with van der Waals surface area (Å²) in [6.45, 7) is 0.805. The van der Waals surface area contributed by atoms with Gasteiger partial charge in [-0.15, -0.1) is 11.3 Å². The fourth-order valence-electron chi connectivity index (χ4n) is 1.74. The standard InChI is InChI=1S/C9H11NO2S/c11-9(12)6-3-4-10-8(6)7-2-1-5-13-7/h1-2,5-6,8,10H,3-4H2,(H,11,12)/t6-,8-/m1/s1. The van der Waals surface area contributed by atoms with Crippen LogP contribution in [0.5, 0.6) is 0 Å². The molecular formula is C9H11NO2S. The summed E-state index contributed by atoms with van der Waals surface area (Å²) >= 11 is 1.62. The minimum Gasteiger partial charge on any atom is -0.481 e. The van der Waals surface area contributed by atoms with E-state index in [1.165, 1.54) is 0 Å². The SMILES string of the molecule is O=C(O)[C@@H]1CCN[C@H]1c1cccs1. The topological polar surface area (TPSA) is 49.3 Å².